The minimum absolute atomic E-state index is 0.0514. The third-order valence-corrected chi connectivity index (χ3v) is 6.34. The Bertz CT molecular complexity index is 1090. The number of benzene rings is 1. The maximum Gasteiger partial charge on any atom is 0.227 e. The van der Waals surface area contributed by atoms with Crippen LogP contribution in [0.5, 0.6) is 0 Å². The molecule has 0 spiro atoms. The van der Waals surface area contributed by atoms with Crippen molar-refractivity contribution in [3.8, 4) is 0 Å². The fourth-order valence-electron chi connectivity index (χ4n) is 4.42. The zero-order chi connectivity index (χ0) is 19.6. The number of aromatic nitrogens is 3. The normalized spacial score (nSPS) is 19.3. The predicted molar refractivity (Wildman–Crippen MR) is 106 cm³/mol. The van der Waals surface area contributed by atoms with Gasteiger partial charge in [0.2, 0.25) is 5.91 Å². The molecule has 146 valence electrons. The highest BCUT2D eigenvalue weighted by Gasteiger charge is 2.34. The largest absolute Gasteiger partial charge is 0.464 e. The molecule has 1 aliphatic carbocycles. The van der Waals surface area contributed by atoms with E-state index < -0.39 is 0 Å². The van der Waals surface area contributed by atoms with E-state index in [0.717, 1.165) is 39.3 Å². The molecule has 3 aromatic rings. The first kappa shape index (κ1) is 17.5. The zero-order valence-corrected chi connectivity index (χ0v) is 17.0. The molecule has 1 atom stereocenters. The molecule has 1 saturated carbocycles. The molecule has 28 heavy (non-hydrogen) atoms. The molecule has 0 N–H and O–H groups in total. The molecule has 0 bridgehead atoms. The first-order chi connectivity index (χ1) is 13.4. The van der Waals surface area contributed by atoms with E-state index in [4.69, 9.17) is 9.40 Å². The van der Waals surface area contributed by atoms with Gasteiger partial charge in [0.05, 0.1) is 25.3 Å². The smallest absolute Gasteiger partial charge is 0.227 e. The monoisotopic (exact) mass is 378 g/mol. The second kappa shape index (κ2) is 6.19. The molecular formula is C22H26N4O2. The van der Waals surface area contributed by atoms with Crippen molar-refractivity contribution < 1.29 is 9.21 Å². The standard InChI is InChI=1S/C22H26N4O2/c1-12-9-13(2)19-17(11-28-20(19)14(12)3)10-18(27)25-7-8-26-22(15(25)4)23-21(24-26)16-5-6-16/h9,11,15-16H,5-8,10H2,1-4H3/t15-/m1/s1. The Kier molecular flexibility index (Phi) is 3.86. The third-order valence-electron chi connectivity index (χ3n) is 6.34. The van der Waals surface area contributed by atoms with Gasteiger partial charge in [0.25, 0.3) is 0 Å². The number of rotatable bonds is 3. The minimum atomic E-state index is -0.0514. The molecule has 1 aromatic carbocycles. The topological polar surface area (TPSA) is 64.2 Å². The average molecular weight is 378 g/mol. The highest BCUT2D eigenvalue weighted by molar-refractivity contribution is 5.92. The van der Waals surface area contributed by atoms with Crippen molar-refractivity contribution >= 4 is 16.9 Å². The number of amides is 1. The first-order valence-corrected chi connectivity index (χ1v) is 10.1. The lowest BCUT2D eigenvalue weighted by Gasteiger charge is -2.33. The van der Waals surface area contributed by atoms with Crippen LogP contribution in [0.2, 0.25) is 0 Å². The van der Waals surface area contributed by atoms with Crippen molar-refractivity contribution in [3.05, 3.63) is 46.2 Å². The quantitative estimate of drug-likeness (QED) is 0.692. The molecule has 6 heteroatoms. The van der Waals surface area contributed by atoms with Gasteiger partial charge < -0.3 is 9.32 Å². The van der Waals surface area contributed by atoms with Gasteiger partial charge >= 0.3 is 0 Å². The van der Waals surface area contributed by atoms with Crippen molar-refractivity contribution in [2.75, 3.05) is 6.54 Å². The molecule has 2 aromatic heterocycles. The van der Waals surface area contributed by atoms with Gasteiger partial charge in [-0.1, -0.05) is 6.07 Å². The van der Waals surface area contributed by atoms with Crippen LogP contribution in [-0.4, -0.2) is 32.1 Å². The highest BCUT2D eigenvalue weighted by Crippen LogP contribution is 2.39. The fraction of sp³-hybridized carbons (Fsp3) is 0.500. The van der Waals surface area contributed by atoms with Gasteiger partial charge in [-0.05, 0) is 57.2 Å². The van der Waals surface area contributed by atoms with E-state index in [0.29, 0.717) is 25.4 Å². The van der Waals surface area contributed by atoms with Crippen LogP contribution in [0.4, 0.5) is 0 Å². The summed E-state index contributed by atoms with van der Waals surface area (Å²) < 4.78 is 7.84. The maximum atomic E-state index is 13.2. The summed E-state index contributed by atoms with van der Waals surface area (Å²) in [4.78, 5) is 19.9. The SMILES string of the molecule is Cc1cc(C)c2c(CC(=O)N3CCn4nc(C5CC5)nc4[C@H]3C)coc2c1C. The summed E-state index contributed by atoms with van der Waals surface area (Å²) in [6, 6.07) is 2.12. The van der Waals surface area contributed by atoms with Gasteiger partial charge in [-0.3, -0.25) is 4.79 Å². The Hall–Kier alpha value is -2.63. The summed E-state index contributed by atoms with van der Waals surface area (Å²) >= 11 is 0. The molecule has 5 rings (SSSR count). The number of furan rings is 1. The molecule has 6 nitrogen and oxygen atoms in total. The third kappa shape index (κ3) is 2.65. The average Bonchev–Trinajstić information content (AvgIpc) is 3.27. The van der Waals surface area contributed by atoms with Gasteiger partial charge in [-0.2, -0.15) is 5.10 Å². The summed E-state index contributed by atoms with van der Waals surface area (Å²) in [5, 5.41) is 5.74. The molecule has 0 saturated heterocycles. The lowest BCUT2D eigenvalue weighted by atomic mass is 9.98. The summed E-state index contributed by atoms with van der Waals surface area (Å²) in [5.41, 5.74) is 5.40. The summed E-state index contributed by atoms with van der Waals surface area (Å²) in [6.45, 7) is 9.70. The van der Waals surface area contributed by atoms with E-state index in [1.165, 1.54) is 18.4 Å². The van der Waals surface area contributed by atoms with Crippen LogP contribution in [-0.2, 0) is 17.8 Å². The fourth-order valence-corrected chi connectivity index (χ4v) is 4.42. The van der Waals surface area contributed by atoms with Gasteiger partial charge in [0, 0.05) is 23.4 Å². The molecular weight excluding hydrogens is 352 g/mol. The lowest BCUT2D eigenvalue weighted by Crippen LogP contribution is -2.42. The van der Waals surface area contributed by atoms with Crippen LogP contribution in [0, 0.1) is 20.8 Å². The van der Waals surface area contributed by atoms with E-state index in [2.05, 4.69) is 38.9 Å². The summed E-state index contributed by atoms with van der Waals surface area (Å²) in [6.07, 6.45) is 4.48. The first-order valence-electron chi connectivity index (χ1n) is 10.1. The second-order valence-electron chi connectivity index (χ2n) is 8.37. The van der Waals surface area contributed by atoms with E-state index >= 15 is 0 Å². The van der Waals surface area contributed by atoms with Crippen molar-refractivity contribution in [1.29, 1.82) is 0 Å². The Labute approximate surface area is 164 Å². The molecule has 2 aliphatic rings. The molecule has 1 amide bonds. The Morgan fingerprint density at radius 2 is 2.00 bits per heavy atom. The second-order valence-corrected chi connectivity index (χ2v) is 8.37. The van der Waals surface area contributed by atoms with Crippen LogP contribution in [0.25, 0.3) is 11.0 Å². The Balaban J connectivity index is 1.41. The van der Waals surface area contributed by atoms with Gasteiger partial charge in [-0.15, -0.1) is 0 Å². The minimum Gasteiger partial charge on any atom is -0.464 e. The molecule has 0 radical (unpaired) electrons. The number of carbonyl (C=O) groups excluding carboxylic acids is 1. The number of carbonyl (C=O) groups is 1. The van der Waals surface area contributed by atoms with Crippen LogP contribution >= 0.6 is 0 Å². The van der Waals surface area contributed by atoms with Crippen molar-refractivity contribution in [2.45, 2.75) is 65.5 Å². The molecule has 0 unspecified atom stereocenters. The van der Waals surface area contributed by atoms with Crippen LogP contribution in [0.15, 0.2) is 16.7 Å². The van der Waals surface area contributed by atoms with E-state index in [9.17, 15) is 4.79 Å². The van der Waals surface area contributed by atoms with Gasteiger partial charge in [0.15, 0.2) is 5.82 Å². The van der Waals surface area contributed by atoms with E-state index in [1.54, 1.807) is 6.26 Å². The Morgan fingerprint density at radius 1 is 1.21 bits per heavy atom. The van der Waals surface area contributed by atoms with E-state index in [-0.39, 0.29) is 11.9 Å². The molecule has 1 fully saturated rings. The van der Waals surface area contributed by atoms with Crippen LogP contribution in [0.1, 0.15) is 65.6 Å². The number of hydrogen-bond acceptors (Lipinski definition) is 4. The van der Waals surface area contributed by atoms with Crippen LogP contribution in [0.3, 0.4) is 0 Å². The van der Waals surface area contributed by atoms with Crippen LogP contribution < -0.4 is 0 Å². The maximum absolute atomic E-state index is 13.2. The molecule has 3 heterocycles. The number of hydrogen-bond donors (Lipinski definition) is 0. The number of aryl methyl sites for hydroxylation is 3. The van der Waals surface area contributed by atoms with Crippen molar-refractivity contribution in [1.82, 2.24) is 19.7 Å². The van der Waals surface area contributed by atoms with Crippen molar-refractivity contribution in [3.63, 3.8) is 0 Å². The summed E-state index contributed by atoms with van der Waals surface area (Å²) in [5.74, 6) is 2.52. The molecule has 1 aliphatic heterocycles. The number of fused-ring (bicyclic) bond motifs is 2. The van der Waals surface area contributed by atoms with E-state index in [1.807, 2.05) is 9.58 Å². The lowest BCUT2D eigenvalue weighted by molar-refractivity contribution is -0.133. The highest BCUT2D eigenvalue weighted by atomic mass is 16.3. The number of nitrogens with zero attached hydrogens (tertiary/aromatic N) is 4. The van der Waals surface area contributed by atoms with Gasteiger partial charge in [0.1, 0.15) is 11.4 Å². The van der Waals surface area contributed by atoms with Gasteiger partial charge in [-0.25, -0.2) is 9.67 Å². The zero-order valence-electron chi connectivity index (χ0n) is 17.0. The van der Waals surface area contributed by atoms with Crippen molar-refractivity contribution in [2.24, 2.45) is 0 Å². The summed E-state index contributed by atoms with van der Waals surface area (Å²) in [7, 11) is 0. The Morgan fingerprint density at radius 3 is 2.75 bits per heavy atom. The predicted octanol–water partition coefficient (Wildman–Crippen LogP) is 3.97.